The lowest BCUT2D eigenvalue weighted by Gasteiger charge is -2.25. The van der Waals surface area contributed by atoms with E-state index in [0.717, 1.165) is 43.1 Å². The van der Waals surface area contributed by atoms with E-state index in [1.807, 2.05) is 23.7 Å². The summed E-state index contributed by atoms with van der Waals surface area (Å²) >= 11 is 5.91. The van der Waals surface area contributed by atoms with E-state index in [-0.39, 0.29) is 12.6 Å². The Morgan fingerprint density at radius 3 is 2.79 bits per heavy atom. The molecule has 2 aromatic rings. The molecule has 0 amide bonds. The van der Waals surface area contributed by atoms with Gasteiger partial charge in [0.25, 0.3) is 0 Å². The Morgan fingerprint density at radius 1 is 1.36 bits per heavy atom. The molecule has 2 atom stereocenters. The third-order valence-corrected chi connectivity index (χ3v) is 5.01. The minimum atomic E-state index is -0.672. The number of aliphatic hydroxyl groups excluding tert-OH is 1. The fraction of sp³-hybridized carbons (Fsp3) is 0.550. The summed E-state index contributed by atoms with van der Waals surface area (Å²) in [6.07, 6.45) is 1.19. The van der Waals surface area contributed by atoms with Crippen LogP contribution in [0.1, 0.15) is 56.4 Å². The summed E-state index contributed by atoms with van der Waals surface area (Å²) in [6, 6.07) is 7.41. The van der Waals surface area contributed by atoms with Crippen LogP contribution in [0.2, 0.25) is 5.02 Å². The monoisotopic (exact) mass is 404 g/mol. The van der Waals surface area contributed by atoms with Crippen LogP contribution in [-0.2, 0) is 13.0 Å². The van der Waals surface area contributed by atoms with Crippen molar-refractivity contribution in [3.8, 4) is 0 Å². The minimum absolute atomic E-state index is 0.222. The average Bonchev–Trinajstić information content (AvgIpc) is 3.10. The second-order valence-electron chi connectivity index (χ2n) is 7.39. The largest absolute Gasteiger partial charge is 0.386 e. The summed E-state index contributed by atoms with van der Waals surface area (Å²) in [5.41, 5.74) is 0.801. The number of aliphatic imine (C=N–C) groups is 1. The quantitative estimate of drug-likeness (QED) is 0.509. The van der Waals surface area contributed by atoms with Crippen molar-refractivity contribution in [2.45, 2.75) is 58.2 Å². The zero-order valence-electron chi connectivity index (χ0n) is 16.7. The highest BCUT2D eigenvalue weighted by Gasteiger charge is 2.23. The van der Waals surface area contributed by atoms with E-state index < -0.39 is 6.10 Å². The standard InChI is InChI=1S/C20H29ClN6O/c1-4-22-20(23-11-17(28)14-5-7-15(21)8-6-14)24-16-9-10-18-25-19(13(2)3)26-27(18)12-16/h5-8,13,16-17,28H,4,9-12H2,1-3H3,(H2,22,23,24). The van der Waals surface area contributed by atoms with Gasteiger partial charge in [0, 0.05) is 29.9 Å². The molecule has 2 unspecified atom stereocenters. The number of halogens is 1. The Kier molecular flexibility index (Phi) is 6.91. The van der Waals surface area contributed by atoms with Crippen molar-refractivity contribution >= 4 is 17.6 Å². The Labute approximate surface area is 171 Å². The molecule has 3 rings (SSSR count). The van der Waals surface area contributed by atoms with Crippen molar-refractivity contribution in [3.05, 3.63) is 46.5 Å². The Balaban J connectivity index is 1.62. The summed E-state index contributed by atoms with van der Waals surface area (Å²) in [5, 5.41) is 22.4. The van der Waals surface area contributed by atoms with Crippen LogP contribution in [0.15, 0.2) is 29.3 Å². The Bertz CT molecular complexity index is 802. The first-order chi connectivity index (χ1) is 13.5. The van der Waals surface area contributed by atoms with Crippen LogP contribution >= 0.6 is 11.6 Å². The van der Waals surface area contributed by atoms with Gasteiger partial charge in [0.05, 0.1) is 19.2 Å². The molecule has 1 aliphatic rings. The van der Waals surface area contributed by atoms with Gasteiger partial charge in [-0.25, -0.2) is 9.67 Å². The molecular formula is C20H29ClN6O. The lowest BCUT2D eigenvalue weighted by molar-refractivity contribution is 0.187. The van der Waals surface area contributed by atoms with Crippen LogP contribution in [0.25, 0.3) is 0 Å². The molecule has 0 bridgehead atoms. The smallest absolute Gasteiger partial charge is 0.191 e. The molecule has 0 radical (unpaired) electrons. The number of fused-ring (bicyclic) bond motifs is 1. The second kappa shape index (κ2) is 9.39. The predicted molar refractivity (Wildman–Crippen MR) is 112 cm³/mol. The van der Waals surface area contributed by atoms with Crippen LogP contribution in [0, 0.1) is 0 Å². The minimum Gasteiger partial charge on any atom is -0.386 e. The molecule has 0 saturated carbocycles. The first-order valence-corrected chi connectivity index (χ1v) is 10.3. The van der Waals surface area contributed by atoms with Gasteiger partial charge in [-0.1, -0.05) is 37.6 Å². The van der Waals surface area contributed by atoms with Crippen molar-refractivity contribution < 1.29 is 5.11 Å². The van der Waals surface area contributed by atoms with E-state index >= 15 is 0 Å². The molecule has 7 nitrogen and oxygen atoms in total. The van der Waals surface area contributed by atoms with Crippen molar-refractivity contribution in [2.75, 3.05) is 13.1 Å². The summed E-state index contributed by atoms with van der Waals surface area (Å²) in [6.45, 7) is 8.03. The molecular weight excluding hydrogens is 376 g/mol. The highest BCUT2D eigenvalue weighted by molar-refractivity contribution is 6.30. The van der Waals surface area contributed by atoms with Gasteiger partial charge in [-0.05, 0) is 31.0 Å². The number of nitrogens with one attached hydrogen (secondary N) is 2. The lowest BCUT2D eigenvalue weighted by atomic mass is 10.1. The van der Waals surface area contributed by atoms with Gasteiger partial charge < -0.3 is 15.7 Å². The van der Waals surface area contributed by atoms with Crippen LogP contribution in [0.3, 0.4) is 0 Å². The number of aryl methyl sites for hydroxylation is 1. The molecule has 28 heavy (non-hydrogen) atoms. The van der Waals surface area contributed by atoms with E-state index in [9.17, 15) is 5.11 Å². The third-order valence-electron chi connectivity index (χ3n) is 4.75. The topological polar surface area (TPSA) is 87.4 Å². The third kappa shape index (κ3) is 5.23. The van der Waals surface area contributed by atoms with Gasteiger partial charge in [-0.2, -0.15) is 5.10 Å². The highest BCUT2D eigenvalue weighted by Crippen LogP contribution is 2.18. The van der Waals surface area contributed by atoms with Crippen LogP contribution in [-0.4, -0.2) is 45.0 Å². The molecule has 8 heteroatoms. The molecule has 1 aliphatic heterocycles. The van der Waals surface area contributed by atoms with E-state index in [0.29, 0.717) is 16.9 Å². The summed E-state index contributed by atoms with van der Waals surface area (Å²) in [7, 11) is 0. The van der Waals surface area contributed by atoms with Gasteiger partial charge >= 0.3 is 0 Å². The maximum atomic E-state index is 10.4. The van der Waals surface area contributed by atoms with Crippen LogP contribution in [0.5, 0.6) is 0 Å². The van der Waals surface area contributed by atoms with Gasteiger partial charge in [-0.15, -0.1) is 0 Å². The number of benzene rings is 1. The molecule has 0 aliphatic carbocycles. The maximum absolute atomic E-state index is 10.4. The Morgan fingerprint density at radius 2 is 2.11 bits per heavy atom. The SMILES string of the molecule is CCNC(=NCC(O)c1ccc(Cl)cc1)NC1CCc2nc(C(C)C)nn2C1. The number of hydrogen-bond donors (Lipinski definition) is 3. The summed E-state index contributed by atoms with van der Waals surface area (Å²) in [4.78, 5) is 9.20. The number of nitrogens with zero attached hydrogens (tertiary/aromatic N) is 4. The van der Waals surface area contributed by atoms with E-state index in [4.69, 9.17) is 11.6 Å². The first kappa shape index (κ1) is 20.6. The van der Waals surface area contributed by atoms with Gasteiger partial charge in [0.1, 0.15) is 5.82 Å². The second-order valence-corrected chi connectivity index (χ2v) is 7.83. The highest BCUT2D eigenvalue weighted by atomic mass is 35.5. The normalized spacial score (nSPS) is 18.1. The molecule has 3 N–H and O–H groups in total. The van der Waals surface area contributed by atoms with Gasteiger partial charge in [0.15, 0.2) is 11.8 Å². The number of guanidine groups is 1. The molecule has 0 spiro atoms. The van der Waals surface area contributed by atoms with Crippen molar-refractivity contribution in [3.63, 3.8) is 0 Å². The van der Waals surface area contributed by atoms with Gasteiger partial charge in [0.2, 0.25) is 0 Å². The summed E-state index contributed by atoms with van der Waals surface area (Å²) < 4.78 is 2.00. The van der Waals surface area contributed by atoms with Crippen LogP contribution in [0.4, 0.5) is 0 Å². The molecule has 0 saturated heterocycles. The number of aromatic nitrogens is 3. The number of aliphatic hydroxyl groups is 1. The Hall–Kier alpha value is -2.12. The predicted octanol–water partition coefficient (Wildman–Crippen LogP) is 2.66. The number of rotatable bonds is 6. The fourth-order valence-corrected chi connectivity index (χ4v) is 3.30. The van der Waals surface area contributed by atoms with E-state index in [1.165, 1.54) is 0 Å². The van der Waals surface area contributed by atoms with E-state index in [2.05, 4.69) is 39.6 Å². The maximum Gasteiger partial charge on any atom is 0.191 e. The molecule has 1 aromatic carbocycles. The van der Waals surface area contributed by atoms with Gasteiger partial charge in [-0.3, -0.25) is 4.99 Å². The fourth-order valence-electron chi connectivity index (χ4n) is 3.17. The average molecular weight is 405 g/mol. The summed E-state index contributed by atoms with van der Waals surface area (Å²) in [5.74, 6) is 3.00. The van der Waals surface area contributed by atoms with Crippen molar-refractivity contribution in [1.29, 1.82) is 0 Å². The number of hydrogen-bond acceptors (Lipinski definition) is 4. The molecule has 0 fully saturated rings. The zero-order valence-corrected chi connectivity index (χ0v) is 17.4. The molecule has 152 valence electrons. The molecule has 1 aromatic heterocycles. The molecule has 2 heterocycles. The van der Waals surface area contributed by atoms with E-state index in [1.54, 1.807) is 12.1 Å². The first-order valence-electron chi connectivity index (χ1n) is 9.88. The lowest BCUT2D eigenvalue weighted by Crippen LogP contribution is -2.47. The van der Waals surface area contributed by atoms with Crippen LogP contribution < -0.4 is 10.6 Å². The zero-order chi connectivity index (χ0) is 20.1. The van der Waals surface area contributed by atoms with Crippen molar-refractivity contribution in [1.82, 2.24) is 25.4 Å². The van der Waals surface area contributed by atoms with Crippen molar-refractivity contribution in [2.24, 2.45) is 4.99 Å².